The van der Waals surface area contributed by atoms with Gasteiger partial charge < -0.3 is 4.74 Å². The van der Waals surface area contributed by atoms with Crippen LogP contribution in [0.1, 0.15) is 13.3 Å². The highest BCUT2D eigenvalue weighted by Gasteiger charge is 2.13. The Morgan fingerprint density at radius 2 is 2.11 bits per heavy atom. The van der Waals surface area contributed by atoms with Crippen LogP contribution in [0, 0.1) is 0 Å². The third-order valence-electron chi connectivity index (χ3n) is 2.27. The van der Waals surface area contributed by atoms with Gasteiger partial charge in [0.1, 0.15) is 9.96 Å². The van der Waals surface area contributed by atoms with Crippen LogP contribution in [0.4, 0.5) is 0 Å². The number of sulfonamides is 1. The number of esters is 1. The van der Waals surface area contributed by atoms with Gasteiger partial charge in [-0.1, -0.05) is 6.92 Å². The van der Waals surface area contributed by atoms with E-state index < -0.39 is 10.0 Å². The second-order valence-corrected chi connectivity index (χ2v) is 6.51. The second kappa shape index (κ2) is 4.68. The van der Waals surface area contributed by atoms with Crippen LogP contribution in [0.15, 0.2) is 28.5 Å². The number of ether oxygens (including phenoxy) is 1. The predicted molar refractivity (Wildman–Crippen MR) is 69.1 cm³/mol. The van der Waals surface area contributed by atoms with Gasteiger partial charge in [-0.25, -0.2) is 13.6 Å². The van der Waals surface area contributed by atoms with Crippen LogP contribution in [0.2, 0.25) is 0 Å². The average molecular weight is 285 g/mol. The molecule has 1 aromatic carbocycles. The van der Waals surface area contributed by atoms with Crippen molar-refractivity contribution in [1.82, 2.24) is 0 Å². The number of fused-ring (bicyclic) bond motifs is 1. The van der Waals surface area contributed by atoms with Gasteiger partial charge in [0.25, 0.3) is 0 Å². The van der Waals surface area contributed by atoms with Gasteiger partial charge in [-0.3, -0.25) is 4.79 Å². The summed E-state index contributed by atoms with van der Waals surface area (Å²) in [4.78, 5) is 11.1. The van der Waals surface area contributed by atoms with Crippen molar-refractivity contribution in [2.75, 3.05) is 0 Å². The lowest BCUT2D eigenvalue weighted by Gasteiger charge is -2.01. The molecule has 96 valence electrons. The molecule has 18 heavy (non-hydrogen) atoms. The molecule has 2 N–H and O–H groups in total. The van der Waals surface area contributed by atoms with Crippen molar-refractivity contribution < 1.29 is 17.9 Å². The summed E-state index contributed by atoms with van der Waals surface area (Å²) >= 11 is 1.05. The van der Waals surface area contributed by atoms with Crippen LogP contribution in [-0.4, -0.2) is 14.4 Å². The van der Waals surface area contributed by atoms with E-state index in [1.807, 2.05) is 0 Å². The van der Waals surface area contributed by atoms with Crippen LogP contribution in [0.5, 0.6) is 5.75 Å². The summed E-state index contributed by atoms with van der Waals surface area (Å²) in [6, 6.07) is 6.44. The number of primary sulfonamides is 1. The molecule has 0 atom stereocenters. The fraction of sp³-hybridized carbons (Fsp3) is 0.182. The van der Waals surface area contributed by atoms with Crippen molar-refractivity contribution in [1.29, 1.82) is 0 Å². The Labute approximate surface area is 108 Å². The largest absolute Gasteiger partial charge is 0.426 e. The van der Waals surface area contributed by atoms with Crippen molar-refractivity contribution in [2.24, 2.45) is 5.14 Å². The third-order valence-corrected chi connectivity index (χ3v) is 4.79. The van der Waals surface area contributed by atoms with Crippen molar-refractivity contribution in [3.63, 3.8) is 0 Å². The molecular formula is C11H11NO4S2. The lowest BCUT2D eigenvalue weighted by molar-refractivity contribution is -0.134. The van der Waals surface area contributed by atoms with Crippen LogP contribution >= 0.6 is 11.3 Å². The minimum atomic E-state index is -3.69. The van der Waals surface area contributed by atoms with Gasteiger partial charge in [-0.05, 0) is 29.7 Å². The SMILES string of the molecule is CCC(=O)Oc1ccc2cc(S(N)(=O)=O)sc2c1. The molecule has 0 aliphatic rings. The van der Waals surface area contributed by atoms with Gasteiger partial charge in [0.15, 0.2) is 0 Å². The molecule has 0 bridgehead atoms. The van der Waals surface area contributed by atoms with Crippen LogP contribution in [0.3, 0.4) is 0 Å². The summed E-state index contributed by atoms with van der Waals surface area (Å²) in [6.45, 7) is 1.70. The van der Waals surface area contributed by atoms with Gasteiger partial charge >= 0.3 is 5.97 Å². The predicted octanol–water partition coefficient (Wildman–Crippen LogP) is 1.86. The van der Waals surface area contributed by atoms with E-state index in [9.17, 15) is 13.2 Å². The molecule has 0 amide bonds. The summed E-state index contributed by atoms with van der Waals surface area (Å²) in [7, 11) is -3.69. The number of hydrogen-bond donors (Lipinski definition) is 1. The summed E-state index contributed by atoms with van der Waals surface area (Å²) in [5, 5.41) is 5.81. The van der Waals surface area contributed by atoms with Gasteiger partial charge in [-0.2, -0.15) is 0 Å². The van der Waals surface area contributed by atoms with Gasteiger partial charge in [-0.15, -0.1) is 11.3 Å². The van der Waals surface area contributed by atoms with Crippen molar-refractivity contribution in [3.8, 4) is 5.75 Å². The standard InChI is InChI=1S/C11H11NO4S2/c1-2-10(13)16-8-4-3-7-5-11(18(12,14)15)17-9(7)6-8/h3-6H,2H2,1H3,(H2,12,14,15). The Bertz CT molecular complexity index is 703. The van der Waals surface area contributed by atoms with Gasteiger partial charge in [0.2, 0.25) is 10.0 Å². The van der Waals surface area contributed by atoms with Gasteiger partial charge in [0.05, 0.1) is 0 Å². The van der Waals surface area contributed by atoms with Crippen molar-refractivity contribution >= 4 is 37.4 Å². The molecule has 0 saturated heterocycles. The zero-order chi connectivity index (χ0) is 13.3. The zero-order valence-corrected chi connectivity index (χ0v) is 11.2. The third kappa shape index (κ3) is 2.69. The first-order valence-corrected chi connectivity index (χ1v) is 7.53. The van der Waals surface area contributed by atoms with E-state index in [4.69, 9.17) is 9.88 Å². The minimum Gasteiger partial charge on any atom is -0.426 e. The minimum absolute atomic E-state index is 0.0940. The normalized spacial score (nSPS) is 11.7. The molecule has 0 radical (unpaired) electrons. The Hall–Kier alpha value is -1.44. The van der Waals surface area contributed by atoms with E-state index in [1.165, 1.54) is 6.07 Å². The lowest BCUT2D eigenvalue weighted by Crippen LogP contribution is -2.09. The smallest absolute Gasteiger partial charge is 0.310 e. The Kier molecular flexibility index (Phi) is 3.38. The Morgan fingerprint density at radius 1 is 1.39 bits per heavy atom. The van der Waals surface area contributed by atoms with Crippen LogP contribution in [-0.2, 0) is 14.8 Å². The molecule has 0 fully saturated rings. The summed E-state index contributed by atoms with van der Waals surface area (Å²) in [5.74, 6) is 0.0646. The number of carbonyl (C=O) groups is 1. The highest BCUT2D eigenvalue weighted by Crippen LogP contribution is 2.31. The van der Waals surface area contributed by atoms with E-state index in [2.05, 4.69) is 0 Å². The number of hydrogen-bond acceptors (Lipinski definition) is 5. The maximum absolute atomic E-state index is 11.2. The number of carbonyl (C=O) groups excluding carboxylic acids is 1. The molecule has 0 aliphatic heterocycles. The molecular weight excluding hydrogens is 274 g/mol. The monoisotopic (exact) mass is 285 g/mol. The first-order valence-electron chi connectivity index (χ1n) is 5.17. The second-order valence-electron chi connectivity index (χ2n) is 3.64. The average Bonchev–Trinajstić information content (AvgIpc) is 2.71. The highest BCUT2D eigenvalue weighted by molar-refractivity contribution is 7.91. The summed E-state index contributed by atoms with van der Waals surface area (Å²) < 4.78 is 28.3. The lowest BCUT2D eigenvalue weighted by atomic mass is 10.2. The van der Waals surface area contributed by atoms with E-state index in [0.717, 1.165) is 16.7 Å². The van der Waals surface area contributed by atoms with E-state index in [1.54, 1.807) is 25.1 Å². The number of nitrogens with two attached hydrogens (primary N) is 1. The van der Waals surface area contributed by atoms with E-state index in [0.29, 0.717) is 10.4 Å². The molecule has 7 heteroatoms. The van der Waals surface area contributed by atoms with Gasteiger partial charge in [0, 0.05) is 11.1 Å². The van der Waals surface area contributed by atoms with Crippen LogP contribution in [0.25, 0.3) is 10.1 Å². The van der Waals surface area contributed by atoms with Crippen LogP contribution < -0.4 is 9.88 Å². The molecule has 0 spiro atoms. The first kappa shape index (κ1) is 13.0. The topological polar surface area (TPSA) is 86.5 Å². The molecule has 2 rings (SSSR count). The Balaban J connectivity index is 2.43. The summed E-state index contributed by atoms with van der Waals surface area (Å²) in [6.07, 6.45) is 0.283. The maximum atomic E-state index is 11.2. The first-order chi connectivity index (χ1) is 8.40. The Morgan fingerprint density at radius 3 is 2.72 bits per heavy atom. The highest BCUT2D eigenvalue weighted by atomic mass is 32.2. The molecule has 2 aromatic rings. The molecule has 5 nitrogen and oxygen atoms in total. The molecule has 0 aliphatic carbocycles. The number of benzene rings is 1. The zero-order valence-electron chi connectivity index (χ0n) is 9.54. The summed E-state index contributed by atoms with van der Waals surface area (Å²) in [5.41, 5.74) is 0. The fourth-order valence-corrected chi connectivity index (χ4v) is 3.24. The van der Waals surface area contributed by atoms with E-state index >= 15 is 0 Å². The van der Waals surface area contributed by atoms with Crippen molar-refractivity contribution in [2.45, 2.75) is 17.6 Å². The van der Waals surface area contributed by atoms with E-state index in [-0.39, 0.29) is 16.6 Å². The number of rotatable bonds is 3. The van der Waals surface area contributed by atoms with Crippen molar-refractivity contribution in [3.05, 3.63) is 24.3 Å². The molecule has 1 aromatic heterocycles. The maximum Gasteiger partial charge on any atom is 0.310 e. The molecule has 0 unspecified atom stereocenters. The quantitative estimate of drug-likeness (QED) is 0.689. The molecule has 1 heterocycles. The molecule has 0 saturated carbocycles. The number of thiophene rings is 1. The fourth-order valence-electron chi connectivity index (χ4n) is 1.39.